The van der Waals surface area contributed by atoms with Crippen LogP contribution < -0.4 is 0 Å². The summed E-state index contributed by atoms with van der Waals surface area (Å²) < 4.78 is 2.55. The number of aromatic nitrogens is 1. The SMILES string of the molecule is c1ccc(-c2cc(-c3ccccc3)cc(-c3cc(-c4ccc5c(c4)-c4ccccc4C54c5ccccc5-c5ccccc54)nc(-c4cccc5c4sc4ccccc45)c3)c2)cc1. The zero-order valence-corrected chi connectivity index (χ0v) is 34.5. The van der Waals surface area contributed by atoms with E-state index in [1.54, 1.807) is 0 Å². The van der Waals surface area contributed by atoms with Crippen molar-refractivity contribution in [3.05, 3.63) is 247 Å². The van der Waals surface area contributed by atoms with Crippen LogP contribution in [0.5, 0.6) is 0 Å². The topological polar surface area (TPSA) is 12.9 Å². The molecule has 2 aliphatic carbocycles. The zero-order valence-electron chi connectivity index (χ0n) is 33.7. The number of hydrogen-bond donors (Lipinski definition) is 0. The molecule has 0 unspecified atom stereocenters. The van der Waals surface area contributed by atoms with Gasteiger partial charge in [-0.3, -0.25) is 0 Å². The lowest BCUT2D eigenvalue weighted by atomic mass is 9.70. The Labute approximate surface area is 364 Å². The fourth-order valence-electron chi connectivity index (χ4n) is 10.6. The molecule has 0 bridgehead atoms. The van der Waals surface area contributed by atoms with Crippen molar-refractivity contribution < 1.29 is 0 Å². The predicted molar refractivity (Wildman–Crippen MR) is 261 cm³/mol. The van der Waals surface area contributed by atoms with Gasteiger partial charge in [0.1, 0.15) is 0 Å². The van der Waals surface area contributed by atoms with Crippen molar-refractivity contribution in [1.82, 2.24) is 4.98 Å². The Hall–Kier alpha value is -7.65. The van der Waals surface area contributed by atoms with Gasteiger partial charge in [0.25, 0.3) is 0 Å². The van der Waals surface area contributed by atoms with Crippen LogP contribution in [-0.4, -0.2) is 4.98 Å². The van der Waals surface area contributed by atoms with Crippen LogP contribution in [-0.2, 0) is 5.41 Å². The third-order valence-corrected chi connectivity index (χ3v) is 14.5. The molecule has 0 radical (unpaired) electrons. The third-order valence-electron chi connectivity index (χ3n) is 13.3. The molecule has 0 N–H and O–H groups in total. The Balaban J connectivity index is 1.06. The average molecular weight is 804 g/mol. The van der Waals surface area contributed by atoms with Gasteiger partial charge < -0.3 is 0 Å². The van der Waals surface area contributed by atoms with Gasteiger partial charge in [0, 0.05) is 31.3 Å². The molecule has 0 saturated carbocycles. The van der Waals surface area contributed by atoms with Gasteiger partial charge in [0.05, 0.1) is 16.8 Å². The minimum Gasteiger partial charge on any atom is -0.248 e. The molecular formula is C60H37NS. The second-order valence-electron chi connectivity index (χ2n) is 16.6. The van der Waals surface area contributed by atoms with Crippen LogP contribution in [0.1, 0.15) is 22.3 Å². The lowest BCUT2D eigenvalue weighted by Crippen LogP contribution is -2.25. The molecule has 2 aliphatic rings. The van der Waals surface area contributed by atoms with Gasteiger partial charge in [-0.1, -0.05) is 182 Å². The number of pyridine rings is 1. The molecule has 62 heavy (non-hydrogen) atoms. The van der Waals surface area contributed by atoms with Crippen LogP contribution in [0.25, 0.3) is 98.3 Å². The number of hydrogen-bond acceptors (Lipinski definition) is 2. The molecule has 0 saturated heterocycles. The summed E-state index contributed by atoms with van der Waals surface area (Å²) >= 11 is 1.85. The van der Waals surface area contributed by atoms with E-state index in [0.717, 1.165) is 33.6 Å². The molecule has 1 nitrogen and oxygen atoms in total. The fourth-order valence-corrected chi connectivity index (χ4v) is 11.8. The second-order valence-corrected chi connectivity index (χ2v) is 17.6. The van der Waals surface area contributed by atoms with E-state index >= 15 is 0 Å². The summed E-state index contributed by atoms with van der Waals surface area (Å²) in [6.07, 6.45) is 0. The maximum atomic E-state index is 5.63. The maximum absolute atomic E-state index is 5.63. The first-order chi connectivity index (χ1) is 30.7. The van der Waals surface area contributed by atoms with Crippen LogP contribution in [0.2, 0.25) is 0 Å². The summed E-state index contributed by atoms with van der Waals surface area (Å²) in [4.78, 5) is 5.63. The molecule has 2 heterocycles. The van der Waals surface area contributed by atoms with E-state index < -0.39 is 0 Å². The van der Waals surface area contributed by atoms with E-state index in [1.807, 2.05) is 11.3 Å². The first-order valence-electron chi connectivity index (χ1n) is 21.4. The molecule has 0 aliphatic heterocycles. The van der Waals surface area contributed by atoms with Gasteiger partial charge >= 0.3 is 0 Å². The lowest BCUT2D eigenvalue weighted by Gasteiger charge is -2.30. The number of fused-ring (bicyclic) bond motifs is 13. The Morgan fingerprint density at radius 3 is 1.40 bits per heavy atom. The first-order valence-corrected chi connectivity index (χ1v) is 22.2. The second kappa shape index (κ2) is 13.7. The molecule has 2 aromatic heterocycles. The van der Waals surface area contributed by atoms with Crippen molar-refractivity contribution in [2.24, 2.45) is 0 Å². The van der Waals surface area contributed by atoms with Crippen molar-refractivity contribution >= 4 is 31.5 Å². The van der Waals surface area contributed by atoms with Crippen LogP contribution in [0, 0.1) is 0 Å². The summed E-state index contributed by atoms with van der Waals surface area (Å²) in [7, 11) is 0. The van der Waals surface area contributed by atoms with Gasteiger partial charge in [0.2, 0.25) is 0 Å². The largest absolute Gasteiger partial charge is 0.248 e. The molecular weight excluding hydrogens is 767 g/mol. The van der Waals surface area contributed by atoms with Crippen LogP contribution >= 0.6 is 11.3 Å². The van der Waals surface area contributed by atoms with Crippen LogP contribution in [0.4, 0.5) is 0 Å². The lowest BCUT2D eigenvalue weighted by molar-refractivity contribution is 0.794. The van der Waals surface area contributed by atoms with Crippen molar-refractivity contribution in [2.45, 2.75) is 5.41 Å². The minimum atomic E-state index is -0.388. The molecule has 2 heteroatoms. The van der Waals surface area contributed by atoms with Crippen molar-refractivity contribution in [3.63, 3.8) is 0 Å². The standard InChI is InChI=1S/C60H37NS/c1-3-16-38(17-4-1)41-32-42(39-18-5-2-6-19-39)34-43(33-41)44-36-56(61-57(37-44)50-25-15-24-49-48-23-10-14-29-58(48)62-59(49)50)40-30-31-55-51(35-40)47-22-9-13-28-54(47)60(55)52-26-11-7-20-45(52)46-21-8-12-27-53(46)60/h1-37H. The minimum absolute atomic E-state index is 0.388. The number of rotatable bonds is 5. The van der Waals surface area contributed by atoms with E-state index in [2.05, 4.69) is 224 Å². The zero-order chi connectivity index (χ0) is 40.8. The van der Waals surface area contributed by atoms with E-state index in [9.17, 15) is 0 Å². The number of thiophene rings is 1. The van der Waals surface area contributed by atoms with Gasteiger partial charge in [-0.2, -0.15) is 0 Å². The van der Waals surface area contributed by atoms with Crippen molar-refractivity contribution in [1.29, 1.82) is 0 Å². The summed E-state index contributed by atoms with van der Waals surface area (Å²) in [5.74, 6) is 0. The molecule has 0 fully saturated rings. The highest BCUT2D eigenvalue weighted by molar-refractivity contribution is 7.26. The highest BCUT2D eigenvalue weighted by Crippen LogP contribution is 2.63. The van der Waals surface area contributed by atoms with Crippen molar-refractivity contribution in [3.8, 4) is 78.1 Å². The maximum Gasteiger partial charge on any atom is 0.0730 e. The number of nitrogens with zero attached hydrogens (tertiary/aromatic N) is 1. The summed E-state index contributed by atoms with van der Waals surface area (Å²) in [5, 5.41) is 2.56. The van der Waals surface area contributed by atoms with E-state index in [4.69, 9.17) is 4.98 Å². The molecule has 0 atom stereocenters. The van der Waals surface area contributed by atoms with Gasteiger partial charge in [-0.25, -0.2) is 4.98 Å². The summed E-state index contributed by atoms with van der Waals surface area (Å²) in [6, 6.07) is 82.8. The normalized spacial score (nSPS) is 13.0. The Morgan fingerprint density at radius 2 is 0.758 bits per heavy atom. The Kier molecular flexibility index (Phi) is 7.76. The van der Waals surface area contributed by atoms with E-state index in [0.29, 0.717) is 0 Å². The first kappa shape index (κ1) is 35.1. The summed E-state index contributed by atoms with van der Waals surface area (Å²) in [5.41, 5.74) is 21.4. The average Bonchev–Trinajstić information content (AvgIpc) is 3.98. The quantitative estimate of drug-likeness (QED) is 0.169. The van der Waals surface area contributed by atoms with Crippen molar-refractivity contribution in [2.75, 3.05) is 0 Å². The summed E-state index contributed by atoms with van der Waals surface area (Å²) in [6.45, 7) is 0. The van der Waals surface area contributed by atoms with Crippen LogP contribution in [0.15, 0.2) is 224 Å². The molecule has 9 aromatic carbocycles. The Morgan fingerprint density at radius 1 is 0.290 bits per heavy atom. The van der Waals surface area contributed by atoms with Crippen LogP contribution in [0.3, 0.4) is 0 Å². The predicted octanol–water partition coefficient (Wildman–Crippen LogP) is 16.1. The van der Waals surface area contributed by atoms with Gasteiger partial charge in [-0.05, 0) is 120 Å². The highest BCUT2D eigenvalue weighted by Gasteiger charge is 2.51. The third kappa shape index (κ3) is 5.17. The van der Waals surface area contributed by atoms with Gasteiger partial charge in [-0.15, -0.1) is 11.3 Å². The molecule has 288 valence electrons. The molecule has 0 amide bonds. The Bertz CT molecular complexity index is 3480. The number of benzene rings is 9. The fraction of sp³-hybridized carbons (Fsp3) is 0.0167. The molecule has 13 rings (SSSR count). The highest BCUT2D eigenvalue weighted by atomic mass is 32.1. The van der Waals surface area contributed by atoms with E-state index in [1.165, 1.54) is 86.9 Å². The molecule has 11 aromatic rings. The smallest absolute Gasteiger partial charge is 0.0730 e. The van der Waals surface area contributed by atoms with Gasteiger partial charge in [0.15, 0.2) is 0 Å². The molecule has 1 spiro atoms. The monoisotopic (exact) mass is 803 g/mol. The van der Waals surface area contributed by atoms with E-state index in [-0.39, 0.29) is 5.41 Å².